The lowest BCUT2D eigenvalue weighted by molar-refractivity contribution is -0.116. The quantitative estimate of drug-likeness (QED) is 0.486. The van der Waals surface area contributed by atoms with Gasteiger partial charge in [-0.3, -0.25) is 14.4 Å². The van der Waals surface area contributed by atoms with Crippen molar-refractivity contribution in [2.75, 3.05) is 5.32 Å². The molecule has 2 heterocycles. The number of aryl methyl sites for hydroxylation is 2. The predicted molar refractivity (Wildman–Crippen MR) is 120 cm³/mol. The molecule has 2 aromatic carbocycles. The number of hydrogen-bond donors (Lipinski definition) is 1. The van der Waals surface area contributed by atoms with Crippen LogP contribution in [-0.2, 0) is 11.3 Å². The number of benzene rings is 2. The van der Waals surface area contributed by atoms with E-state index in [0.29, 0.717) is 28.2 Å². The molecule has 0 aliphatic carbocycles. The van der Waals surface area contributed by atoms with Crippen molar-refractivity contribution in [2.45, 2.75) is 20.4 Å². The Morgan fingerprint density at radius 1 is 1.03 bits per heavy atom. The van der Waals surface area contributed by atoms with Gasteiger partial charge in [0.25, 0.3) is 0 Å². The van der Waals surface area contributed by atoms with Gasteiger partial charge in [-0.1, -0.05) is 36.4 Å². The molecule has 4 rings (SSSR count). The van der Waals surface area contributed by atoms with Gasteiger partial charge in [0, 0.05) is 23.1 Å². The van der Waals surface area contributed by atoms with Crippen LogP contribution >= 0.6 is 0 Å². The SMILES string of the molecule is Cc1ccc2c(=O)c(C(=O)c3ccccc3)cn(CC(=O)Nc3ccc(C)c(F)c3)c2n1. The number of rotatable bonds is 5. The number of fused-ring (bicyclic) bond motifs is 1. The topological polar surface area (TPSA) is 81.1 Å². The molecule has 32 heavy (non-hydrogen) atoms. The zero-order valence-corrected chi connectivity index (χ0v) is 17.6. The highest BCUT2D eigenvalue weighted by Gasteiger charge is 2.19. The van der Waals surface area contributed by atoms with Crippen molar-refractivity contribution in [2.24, 2.45) is 0 Å². The minimum atomic E-state index is -0.446. The molecule has 0 aliphatic rings. The maximum absolute atomic E-state index is 13.8. The highest BCUT2D eigenvalue weighted by molar-refractivity contribution is 6.10. The first-order valence-corrected chi connectivity index (χ1v) is 10.00. The van der Waals surface area contributed by atoms with Crippen LogP contribution in [0, 0.1) is 19.7 Å². The normalized spacial score (nSPS) is 10.8. The van der Waals surface area contributed by atoms with E-state index >= 15 is 0 Å². The summed E-state index contributed by atoms with van der Waals surface area (Å²) in [6.45, 7) is 3.19. The number of nitrogens with one attached hydrogen (secondary N) is 1. The molecule has 0 unspecified atom stereocenters. The van der Waals surface area contributed by atoms with Gasteiger partial charge in [-0.2, -0.15) is 0 Å². The summed E-state index contributed by atoms with van der Waals surface area (Å²) in [5.41, 5.74) is 1.61. The number of halogens is 1. The molecule has 1 N–H and O–H groups in total. The Morgan fingerprint density at radius 3 is 2.50 bits per heavy atom. The average molecular weight is 429 g/mol. The Morgan fingerprint density at radius 2 is 1.78 bits per heavy atom. The van der Waals surface area contributed by atoms with Crippen molar-refractivity contribution in [3.8, 4) is 0 Å². The highest BCUT2D eigenvalue weighted by atomic mass is 19.1. The van der Waals surface area contributed by atoms with Crippen LogP contribution in [0.25, 0.3) is 11.0 Å². The standard InChI is InChI=1S/C25H20FN3O3/c1-15-8-10-18(12-21(15)26)28-22(30)14-29-13-20(23(31)17-6-4-3-5-7-17)24(32)19-11-9-16(2)27-25(19)29/h3-13H,14H2,1-2H3,(H,28,30). The number of pyridine rings is 2. The van der Waals surface area contributed by atoms with Gasteiger partial charge in [0.2, 0.25) is 11.3 Å². The predicted octanol–water partition coefficient (Wildman–Crippen LogP) is 4.02. The third-order valence-corrected chi connectivity index (χ3v) is 5.11. The van der Waals surface area contributed by atoms with Crippen LogP contribution < -0.4 is 10.7 Å². The second-order valence-corrected chi connectivity index (χ2v) is 7.53. The molecular formula is C25H20FN3O3. The summed E-state index contributed by atoms with van der Waals surface area (Å²) in [6, 6.07) is 16.2. The molecule has 0 saturated heterocycles. The first-order chi connectivity index (χ1) is 15.3. The van der Waals surface area contributed by atoms with Gasteiger partial charge in [0.1, 0.15) is 18.0 Å². The zero-order chi connectivity index (χ0) is 22.8. The number of carbonyl (C=O) groups excluding carboxylic acids is 2. The van der Waals surface area contributed by atoms with Crippen LogP contribution in [0.15, 0.2) is 71.7 Å². The average Bonchev–Trinajstić information content (AvgIpc) is 2.78. The first kappa shape index (κ1) is 21.1. The molecule has 0 bridgehead atoms. The Labute approximate surface area is 183 Å². The molecular weight excluding hydrogens is 409 g/mol. The summed E-state index contributed by atoms with van der Waals surface area (Å²) in [6.07, 6.45) is 1.36. The molecule has 0 radical (unpaired) electrons. The maximum Gasteiger partial charge on any atom is 0.244 e. The number of hydrogen-bond acceptors (Lipinski definition) is 4. The Hall–Kier alpha value is -4.13. The highest BCUT2D eigenvalue weighted by Crippen LogP contribution is 2.16. The van der Waals surface area contributed by atoms with Gasteiger partial charge in [-0.25, -0.2) is 9.37 Å². The summed E-state index contributed by atoms with van der Waals surface area (Å²) in [5.74, 6) is -1.31. The summed E-state index contributed by atoms with van der Waals surface area (Å²) >= 11 is 0. The number of amides is 1. The van der Waals surface area contributed by atoms with E-state index in [0.717, 1.165) is 0 Å². The fourth-order valence-corrected chi connectivity index (χ4v) is 3.41. The van der Waals surface area contributed by atoms with Gasteiger partial charge < -0.3 is 9.88 Å². The summed E-state index contributed by atoms with van der Waals surface area (Å²) in [5, 5.41) is 2.88. The first-order valence-electron chi connectivity index (χ1n) is 10.00. The van der Waals surface area contributed by atoms with E-state index in [9.17, 15) is 18.8 Å². The van der Waals surface area contributed by atoms with Crippen molar-refractivity contribution in [1.29, 1.82) is 0 Å². The van der Waals surface area contributed by atoms with Gasteiger partial charge in [0.15, 0.2) is 5.78 Å². The van der Waals surface area contributed by atoms with Crippen LogP contribution in [0.3, 0.4) is 0 Å². The summed E-state index contributed by atoms with van der Waals surface area (Å²) < 4.78 is 15.3. The molecule has 1 amide bonds. The third kappa shape index (κ3) is 4.18. The number of ketones is 1. The lowest BCUT2D eigenvalue weighted by Gasteiger charge is -2.13. The lowest BCUT2D eigenvalue weighted by atomic mass is 10.0. The van der Waals surface area contributed by atoms with E-state index in [-0.39, 0.29) is 17.5 Å². The fraction of sp³-hybridized carbons (Fsp3) is 0.120. The van der Waals surface area contributed by atoms with E-state index in [2.05, 4.69) is 10.3 Å². The van der Waals surface area contributed by atoms with Crippen LogP contribution in [0.4, 0.5) is 10.1 Å². The van der Waals surface area contributed by atoms with Crippen molar-refractivity contribution in [3.05, 3.63) is 105 Å². The minimum Gasteiger partial charge on any atom is -0.324 e. The van der Waals surface area contributed by atoms with Crippen molar-refractivity contribution < 1.29 is 14.0 Å². The molecule has 0 fully saturated rings. The smallest absolute Gasteiger partial charge is 0.244 e. The molecule has 0 saturated carbocycles. The second-order valence-electron chi connectivity index (χ2n) is 7.53. The van der Waals surface area contributed by atoms with E-state index < -0.39 is 22.9 Å². The van der Waals surface area contributed by atoms with Crippen LogP contribution in [0.5, 0.6) is 0 Å². The molecule has 0 atom stereocenters. The molecule has 0 spiro atoms. The fourth-order valence-electron chi connectivity index (χ4n) is 3.41. The molecule has 2 aromatic heterocycles. The number of carbonyl (C=O) groups is 2. The molecule has 160 valence electrons. The van der Waals surface area contributed by atoms with E-state index in [1.165, 1.54) is 16.8 Å². The van der Waals surface area contributed by atoms with Gasteiger partial charge in [0.05, 0.1) is 10.9 Å². The second kappa shape index (κ2) is 8.55. The minimum absolute atomic E-state index is 0.0523. The van der Waals surface area contributed by atoms with E-state index in [1.807, 2.05) is 0 Å². The van der Waals surface area contributed by atoms with E-state index in [1.54, 1.807) is 68.4 Å². The Balaban J connectivity index is 1.75. The molecule has 4 aromatic rings. The Kier molecular flexibility index (Phi) is 5.64. The molecule has 0 aliphatic heterocycles. The third-order valence-electron chi connectivity index (χ3n) is 5.11. The molecule has 7 heteroatoms. The van der Waals surface area contributed by atoms with Crippen molar-refractivity contribution in [1.82, 2.24) is 9.55 Å². The van der Waals surface area contributed by atoms with Gasteiger partial charge >= 0.3 is 0 Å². The lowest BCUT2D eigenvalue weighted by Crippen LogP contribution is -2.25. The monoisotopic (exact) mass is 429 g/mol. The van der Waals surface area contributed by atoms with Gasteiger partial charge in [-0.05, 0) is 43.7 Å². The van der Waals surface area contributed by atoms with Gasteiger partial charge in [-0.15, -0.1) is 0 Å². The van der Waals surface area contributed by atoms with Crippen LogP contribution in [-0.4, -0.2) is 21.2 Å². The van der Waals surface area contributed by atoms with Crippen LogP contribution in [0.2, 0.25) is 0 Å². The number of nitrogens with zero attached hydrogens (tertiary/aromatic N) is 2. The van der Waals surface area contributed by atoms with Crippen molar-refractivity contribution >= 4 is 28.4 Å². The largest absolute Gasteiger partial charge is 0.324 e. The Bertz CT molecular complexity index is 1410. The molecule has 6 nitrogen and oxygen atoms in total. The zero-order valence-electron chi connectivity index (χ0n) is 17.6. The van der Waals surface area contributed by atoms with E-state index in [4.69, 9.17) is 0 Å². The number of aromatic nitrogens is 2. The number of anilines is 1. The van der Waals surface area contributed by atoms with Crippen LogP contribution in [0.1, 0.15) is 27.2 Å². The maximum atomic E-state index is 13.8. The summed E-state index contributed by atoms with van der Waals surface area (Å²) in [7, 11) is 0. The van der Waals surface area contributed by atoms with Crippen molar-refractivity contribution in [3.63, 3.8) is 0 Å². The summed E-state index contributed by atoms with van der Waals surface area (Å²) in [4.78, 5) is 43.1.